The first-order valence-electron chi connectivity index (χ1n) is 6.49. The number of ether oxygens (including phenoxy) is 1. The van der Waals surface area contributed by atoms with E-state index >= 15 is 0 Å². The van der Waals surface area contributed by atoms with Gasteiger partial charge in [0.1, 0.15) is 6.10 Å². The highest BCUT2D eigenvalue weighted by atomic mass is 16.6. The van der Waals surface area contributed by atoms with Crippen LogP contribution in [0.25, 0.3) is 0 Å². The van der Waals surface area contributed by atoms with Crippen molar-refractivity contribution < 1.29 is 14.5 Å². The number of carbonyl (C=O) groups is 1. The number of rotatable bonds is 3. The number of nitrogens with one attached hydrogen (secondary N) is 2. The van der Waals surface area contributed by atoms with Gasteiger partial charge in [0.25, 0.3) is 5.69 Å². The minimum atomic E-state index is -0.542. The molecule has 2 rings (SSSR count). The molecule has 1 amide bonds. The van der Waals surface area contributed by atoms with Crippen molar-refractivity contribution in [2.24, 2.45) is 5.92 Å². The van der Waals surface area contributed by atoms with Crippen LogP contribution in [-0.2, 0) is 4.74 Å². The van der Waals surface area contributed by atoms with Crippen molar-refractivity contribution in [3.05, 3.63) is 34.4 Å². The van der Waals surface area contributed by atoms with Gasteiger partial charge in [-0.25, -0.2) is 4.79 Å². The molecule has 0 saturated carbocycles. The summed E-state index contributed by atoms with van der Waals surface area (Å²) in [7, 11) is 0. The maximum Gasteiger partial charge on any atom is 0.411 e. The van der Waals surface area contributed by atoms with E-state index in [0.29, 0.717) is 18.2 Å². The summed E-state index contributed by atoms with van der Waals surface area (Å²) in [5.74, 6) is 0.318. The smallest absolute Gasteiger partial charge is 0.411 e. The maximum atomic E-state index is 11.8. The van der Waals surface area contributed by atoms with Gasteiger partial charge in [0.05, 0.1) is 4.92 Å². The molecule has 7 nitrogen and oxygen atoms in total. The van der Waals surface area contributed by atoms with Crippen molar-refractivity contribution in [3.63, 3.8) is 0 Å². The third-order valence-corrected chi connectivity index (χ3v) is 3.34. The first-order chi connectivity index (χ1) is 9.56. The summed E-state index contributed by atoms with van der Waals surface area (Å²) in [5.41, 5.74) is 0.450. The lowest BCUT2D eigenvalue weighted by molar-refractivity contribution is -0.384. The Morgan fingerprint density at radius 2 is 2.15 bits per heavy atom. The lowest BCUT2D eigenvalue weighted by atomic mass is 9.97. The number of nitro benzene ring substituents is 1. The van der Waals surface area contributed by atoms with E-state index in [2.05, 4.69) is 10.6 Å². The van der Waals surface area contributed by atoms with Gasteiger partial charge in [0.15, 0.2) is 0 Å². The fraction of sp³-hybridized carbons (Fsp3) is 0.462. The van der Waals surface area contributed by atoms with Crippen LogP contribution < -0.4 is 10.6 Å². The lowest BCUT2D eigenvalue weighted by Gasteiger charge is -2.29. The summed E-state index contributed by atoms with van der Waals surface area (Å²) in [6.45, 7) is 3.63. The average Bonchev–Trinajstić information content (AvgIpc) is 2.42. The topological polar surface area (TPSA) is 93.5 Å². The summed E-state index contributed by atoms with van der Waals surface area (Å²) < 4.78 is 5.34. The Morgan fingerprint density at radius 3 is 2.75 bits per heavy atom. The predicted octanol–water partition coefficient (Wildman–Crippen LogP) is 2.14. The molecule has 1 aromatic carbocycles. The molecule has 0 aliphatic carbocycles. The van der Waals surface area contributed by atoms with E-state index in [4.69, 9.17) is 4.74 Å². The van der Waals surface area contributed by atoms with E-state index in [1.165, 1.54) is 24.3 Å². The highest BCUT2D eigenvalue weighted by Crippen LogP contribution is 2.18. The quantitative estimate of drug-likeness (QED) is 0.653. The molecule has 108 valence electrons. The van der Waals surface area contributed by atoms with Crippen molar-refractivity contribution in [3.8, 4) is 0 Å². The lowest BCUT2D eigenvalue weighted by Crippen LogP contribution is -2.42. The molecule has 1 aliphatic rings. The summed E-state index contributed by atoms with van der Waals surface area (Å²) in [5, 5.41) is 16.3. The van der Waals surface area contributed by atoms with Gasteiger partial charge in [-0.1, -0.05) is 6.92 Å². The zero-order valence-electron chi connectivity index (χ0n) is 11.2. The van der Waals surface area contributed by atoms with Crippen LogP contribution in [0.4, 0.5) is 16.2 Å². The number of amides is 1. The summed E-state index contributed by atoms with van der Waals surface area (Å²) in [6, 6.07) is 5.62. The third kappa shape index (κ3) is 3.67. The van der Waals surface area contributed by atoms with Crippen molar-refractivity contribution in [1.29, 1.82) is 0 Å². The normalized spacial score (nSPS) is 22.1. The molecule has 1 saturated heterocycles. The molecular formula is C13H17N3O4. The van der Waals surface area contributed by atoms with Crippen LogP contribution in [0.5, 0.6) is 0 Å². The Hall–Kier alpha value is -2.15. The Morgan fingerprint density at radius 1 is 1.45 bits per heavy atom. The fourth-order valence-electron chi connectivity index (χ4n) is 2.07. The van der Waals surface area contributed by atoms with E-state index < -0.39 is 11.0 Å². The molecule has 7 heteroatoms. The highest BCUT2D eigenvalue weighted by molar-refractivity contribution is 5.84. The minimum absolute atomic E-state index is 0.0194. The molecule has 1 aromatic rings. The van der Waals surface area contributed by atoms with Crippen molar-refractivity contribution >= 4 is 17.5 Å². The first kappa shape index (κ1) is 14.3. The third-order valence-electron chi connectivity index (χ3n) is 3.34. The van der Waals surface area contributed by atoms with Crippen molar-refractivity contribution in [2.75, 3.05) is 18.4 Å². The molecule has 0 radical (unpaired) electrons. The van der Waals surface area contributed by atoms with Crippen LogP contribution in [0.1, 0.15) is 13.3 Å². The van der Waals surface area contributed by atoms with Crippen LogP contribution in [0.3, 0.4) is 0 Å². The molecule has 1 fully saturated rings. The van der Waals surface area contributed by atoms with Gasteiger partial charge in [-0.2, -0.15) is 0 Å². The number of non-ortho nitro benzene ring substituents is 1. The molecule has 2 atom stereocenters. The van der Waals surface area contributed by atoms with Crippen molar-refractivity contribution in [1.82, 2.24) is 5.32 Å². The molecule has 2 N–H and O–H groups in total. The number of anilines is 1. The number of carbonyl (C=O) groups excluding carboxylic acids is 1. The van der Waals surface area contributed by atoms with Gasteiger partial charge >= 0.3 is 6.09 Å². The van der Waals surface area contributed by atoms with E-state index in [-0.39, 0.29) is 11.8 Å². The molecule has 0 aromatic heterocycles. The zero-order valence-corrected chi connectivity index (χ0v) is 11.2. The minimum Gasteiger partial charge on any atom is -0.444 e. The molecule has 20 heavy (non-hydrogen) atoms. The van der Waals surface area contributed by atoms with Crippen LogP contribution in [-0.4, -0.2) is 30.2 Å². The van der Waals surface area contributed by atoms with Crippen LogP contribution in [0.2, 0.25) is 0 Å². The summed E-state index contributed by atoms with van der Waals surface area (Å²) in [6.07, 6.45) is 0.274. The molecule has 1 heterocycles. The summed E-state index contributed by atoms with van der Waals surface area (Å²) >= 11 is 0. The number of piperidine rings is 1. The Labute approximate surface area is 116 Å². The van der Waals surface area contributed by atoms with E-state index in [1.54, 1.807) is 0 Å². The number of benzene rings is 1. The van der Waals surface area contributed by atoms with E-state index in [0.717, 1.165) is 13.0 Å². The second-order valence-electron chi connectivity index (χ2n) is 4.84. The van der Waals surface area contributed by atoms with E-state index in [9.17, 15) is 14.9 Å². The Kier molecular flexibility index (Phi) is 4.52. The number of hydrogen-bond acceptors (Lipinski definition) is 5. The largest absolute Gasteiger partial charge is 0.444 e. The van der Waals surface area contributed by atoms with Gasteiger partial charge in [-0.3, -0.25) is 15.4 Å². The van der Waals surface area contributed by atoms with Crippen LogP contribution in [0, 0.1) is 16.0 Å². The maximum absolute atomic E-state index is 11.8. The predicted molar refractivity (Wildman–Crippen MR) is 73.6 cm³/mol. The zero-order chi connectivity index (χ0) is 14.5. The van der Waals surface area contributed by atoms with Crippen molar-refractivity contribution in [2.45, 2.75) is 19.4 Å². The van der Waals surface area contributed by atoms with Crippen LogP contribution in [0.15, 0.2) is 24.3 Å². The second-order valence-corrected chi connectivity index (χ2v) is 4.84. The first-order valence-corrected chi connectivity index (χ1v) is 6.49. The van der Waals surface area contributed by atoms with Gasteiger partial charge in [0.2, 0.25) is 0 Å². The number of nitrogens with zero attached hydrogens (tertiary/aromatic N) is 1. The second kappa shape index (κ2) is 6.33. The van der Waals surface area contributed by atoms with Gasteiger partial charge in [-0.05, 0) is 31.0 Å². The number of nitro groups is 1. The van der Waals surface area contributed by atoms with Gasteiger partial charge < -0.3 is 10.1 Å². The van der Waals surface area contributed by atoms with Gasteiger partial charge in [-0.15, -0.1) is 0 Å². The molecular weight excluding hydrogens is 262 g/mol. The Bertz CT molecular complexity index is 489. The molecule has 2 unspecified atom stereocenters. The standard InChI is InChI=1S/C13H17N3O4/c1-9-6-7-14-8-12(9)20-13(17)15-10-2-4-11(5-3-10)16(18)19/h2-5,9,12,14H,6-8H2,1H3,(H,15,17). The average molecular weight is 279 g/mol. The molecule has 0 bridgehead atoms. The van der Waals surface area contributed by atoms with E-state index in [1.807, 2.05) is 6.92 Å². The SMILES string of the molecule is CC1CCNCC1OC(=O)Nc1ccc([N+](=O)[O-])cc1. The fourth-order valence-corrected chi connectivity index (χ4v) is 2.07. The van der Waals surface area contributed by atoms with Gasteiger partial charge in [0, 0.05) is 24.4 Å². The highest BCUT2D eigenvalue weighted by Gasteiger charge is 2.24. The molecule has 0 spiro atoms. The summed E-state index contributed by atoms with van der Waals surface area (Å²) in [4.78, 5) is 21.8. The number of hydrogen-bond donors (Lipinski definition) is 2. The molecule has 1 aliphatic heterocycles. The monoisotopic (exact) mass is 279 g/mol. The Balaban J connectivity index is 1.89. The van der Waals surface area contributed by atoms with Crippen LogP contribution >= 0.6 is 0 Å².